The fraction of sp³-hybridized carbons (Fsp3) is 0.120. The van der Waals surface area contributed by atoms with Crippen LogP contribution in [0.2, 0.25) is 0 Å². The van der Waals surface area contributed by atoms with E-state index in [4.69, 9.17) is 0 Å². The molecular weight excluding hydrogens is 363 g/mol. The number of hydrogen-bond donors (Lipinski definition) is 1. The smallest absolute Gasteiger partial charge is 0.266 e. The number of carbonyl (C=O) groups excluding carboxylic acids is 1. The Labute approximate surface area is 170 Å². The zero-order valence-corrected chi connectivity index (χ0v) is 16.4. The van der Waals surface area contributed by atoms with Crippen LogP contribution in [-0.4, -0.2) is 5.91 Å². The molecule has 0 fully saturated rings. The molecule has 4 heteroatoms. The summed E-state index contributed by atoms with van der Waals surface area (Å²) < 4.78 is 13.7. The van der Waals surface area contributed by atoms with Crippen LogP contribution in [0, 0.1) is 31.0 Å². The monoisotopic (exact) mass is 384 g/mol. The molecule has 3 rings (SSSR count). The van der Waals surface area contributed by atoms with Crippen molar-refractivity contribution in [3.63, 3.8) is 0 Å². The van der Waals surface area contributed by atoms with Gasteiger partial charge >= 0.3 is 0 Å². The highest BCUT2D eigenvalue weighted by Gasteiger charge is 2.11. The minimum absolute atomic E-state index is 0.0439. The van der Waals surface area contributed by atoms with Gasteiger partial charge in [-0.05, 0) is 55.2 Å². The van der Waals surface area contributed by atoms with Crippen molar-refractivity contribution >= 4 is 17.7 Å². The first-order valence-corrected chi connectivity index (χ1v) is 9.28. The third kappa shape index (κ3) is 5.40. The predicted octanol–water partition coefficient (Wildman–Crippen LogP) is 5.58. The van der Waals surface area contributed by atoms with Crippen molar-refractivity contribution in [1.82, 2.24) is 0 Å². The molecule has 0 saturated carbocycles. The molecule has 0 aliphatic carbocycles. The van der Waals surface area contributed by atoms with Gasteiger partial charge in [-0.25, -0.2) is 4.39 Å². The summed E-state index contributed by atoms with van der Waals surface area (Å²) in [5.74, 6) is -1.19. The zero-order valence-electron chi connectivity index (χ0n) is 16.4. The fourth-order valence-electron chi connectivity index (χ4n) is 3.21. The van der Waals surface area contributed by atoms with Gasteiger partial charge in [0.05, 0.1) is 5.69 Å². The third-order valence-corrected chi connectivity index (χ3v) is 4.47. The van der Waals surface area contributed by atoms with Crippen LogP contribution in [0.25, 0.3) is 6.08 Å². The molecule has 3 aromatic carbocycles. The van der Waals surface area contributed by atoms with Gasteiger partial charge < -0.3 is 5.32 Å². The number of aryl methyl sites for hydroxylation is 2. The number of carbonyl (C=O) groups is 1. The number of nitriles is 1. The van der Waals surface area contributed by atoms with Gasteiger partial charge in [-0.1, -0.05) is 65.7 Å². The maximum absolute atomic E-state index is 13.7. The third-order valence-electron chi connectivity index (χ3n) is 4.47. The minimum Gasteiger partial charge on any atom is -0.319 e. The van der Waals surface area contributed by atoms with Gasteiger partial charge in [0.15, 0.2) is 0 Å². The van der Waals surface area contributed by atoms with E-state index in [0.717, 1.165) is 17.5 Å². The van der Waals surface area contributed by atoms with Gasteiger partial charge in [0.1, 0.15) is 17.5 Å². The van der Waals surface area contributed by atoms with Crippen LogP contribution >= 0.6 is 0 Å². The zero-order chi connectivity index (χ0) is 20.8. The summed E-state index contributed by atoms with van der Waals surface area (Å²) in [5.41, 5.74) is 5.54. The van der Waals surface area contributed by atoms with Crippen molar-refractivity contribution in [3.05, 3.63) is 106 Å². The quantitative estimate of drug-likeness (QED) is 0.461. The Morgan fingerprint density at radius 1 is 1.00 bits per heavy atom. The largest absolute Gasteiger partial charge is 0.319 e. The Bertz CT molecular complexity index is 1090. The Morgan fingerprint density at radius 3 is 2.28 bits per heavy atom. The summed E-state index contributed by atoms with van der Waals surface area (Å²) in [7, 11) is 0. The van der Waals surface area contributed by atoms with Gasteiger partial charge in [0, 0.05) is 0 Å². The summed E-state index contributed by atoms with van der Waals surface area (Å²) in [6.07, 6.45) is 2.31. The second-order valence-electron chi connectivity index (χ2n) is 7.02. The van der Waals surface area contributed by atoms with Gasteiger partial charge in [-0.15, -0.1) is 0 Å². The topological polar surface area (TPSA) is 52.9 Å². The molecule has 3 nitrogen and oxygen atoms in total. The molecule has 0 atom stereocenters. The van der Waals surface area contributed by atoms with Crippen molar-refractivity contribution in [2.75, 3.05) is 5.32 Å². The molecule has 0 aliphatic heterocycles. The first-order valence-electron chi connectivity index (χ1n) is 9.28. The van der Waals surface area contributed by atoms with E-state index in [1.807, 2.05) is 30.3 Å². The van der Waals surface area contributed by atoms with Crippen molar-refractivity contribution < 1.29 is 9.18 Å². The average molecular weight is 384 g/mol. The number of nitrogens with zero attached hydrogens (tertiary/aromatic N) is 1. The number of rotatable bonds is 5. The Morgan fingerprint density at radius 2 is 1.66 bits per heavy atom. The van der Waals surface area contributed by atoms with E-state index in [1.54, 1.807) is 6.07 Å². The summed E-state index contributed by atoms with van der Waals surface area (Å²) in [6, 6.07) is 21.9. The average Bonchev–Trinajstić information content (AvgIpc) is 2.68. The normalized spacial score (nSPS) is 11.0. The van der Waals surface area contributed by atoms with E-state index in [2.05, 4.69) is 37.4 Å². The molecular formula is C25H21FN2O. The van der Waals surface area contributed by atoms with Gasteiger partial charge in [-0.3, -0.25) is 4.79 Å². The molecule has 29 heavy (non-hydrogen) atoms. The number of benzene rings is 3. The van der Waals surface area contributed by atoms with E-state index < -0.39 is 11.7 Å². The highest BCUT2D eigenvalue weighted by Crippen LogP contribution is 2.17. The lowest BCUT2D eigenvalue weighted by molar-refractivity contribution is -0.112. The molecule has 0 saturated heterocycles. The number of hydrogen-bond acceptors (Lipinski definition) is 2. The standard InChI is InChI=1S/C25H21FN2O/c1-17-11-18(2)13-21(12-17)14-19-7-9-20(10-8-19)15-22(16-27)25(29)28-24-6-4-3-5-23(24)26/h3-13,15H,14H2,1-2H3,(H,28,29)/b22-15+. The summed E-state index contributed by atoms with van der Waals surface area (Å²) in [4.78, 5) is 12.3. The van der Waals surface area contributed by atoms with Crippen LogP contribution < -0.4 is 5.32 Å². The molecule has 0 aliphatic rings. The van der Waals surface area contributed by atoms with Crippen LogP contribution in [0.5, 0.6) is 0 Å². The highest BCUT2D eigenvalue weighted by atomic mass is 19.1. The molecule has 144 valence electrons. The van der Waals surface area contributed by atoms with Gasteiger partial charge in [0.2, 0.25) is 0 Å². The van der Waals surface area contributed by atoms with Crippen molar-refractivity contribution in [2.45, 2.75) is 20.3 Å². The summed E-state index contributed by atoms with van der Waals surface area (Å²) in [5, 5.41) is 11.8. The van der Waals surface area contributed by atoms with E-state index in [9.17, 15) is 14.4 Å². The van der Waals surface area contributed by atoms with Crippen molar-refractivity contribution in [3.8, 4) is 6.07 Å². The van der Waals surface area contributed by atoms with Crippen LogP contribution in [0.4, 0.5) is 10.1 Å². The number of halogens is 1. The SMILES string of the molecule is Cc1cc(C)cc(Cc2ccc(/C=C(\C#N)C(=O)Nc3ccccc3F)cc2)c1. The van der Waals surface area contributed by atoms with E-state index >= 15 is 0 Å². The molecule has 1 amide bonds. The lowest BCUT2D eigenvalue weighted by atomic mass is 9.99. The Hall–Kier alpha value is -3.71. The minimum atomic E-state index is -0.642. The summed E-state index contributed by atoms with van der Waals surface area (Å²) >= 11 is 0. The molecule has 0 aromatic heterocycles. The van der Waals surface area contributed by atoms with Crippen LogP contribution in [0.15, 0.2) is 72.3 Å². The second-order valence-corrected chi connectivity index (χ2v) is 7.02. The lowest BCUT2D eigenvalue weighted by Crippen LogP contribution is -2.14. The maximum Gasteiger partial charge on any atom is 0.266 e. The number of nitrogens with one attached hydrogen (secondary N) is 1. The van der Waals surface area contributed by atoms with Gasteiger partial charge in [0.25, 0.3) is 5.91 Å². The molecule has 0 unspecified atom stereocenters. The predicted molar refractivity (Wildman–Crippen MR) is 114 cm³/mol. The first kappa shape index (κ1) is 20.0. The Balaban J connectivity index is 1.74. The van der Waals surface area contributed by atoms with E-state index in [-0.39, 0.29) is 11.3 Å². The Kier molecular flexibility index (Phi) is 6.21. The summed E-state index contributed by atoms with van der Waals surface area (Å²) in [6.45, 7) is 4.17. The highest BCUT2D eigenvalue weighted by molar-refractivity contribution is 6.09. The maximum atomic E-state index is 13.7. The van der Waals surface area contributed by atoms with Crippen molar-refractivity contribution in [1.29, 1.82) is 5.26 Å². The van der Waals surface area contributed by atoms with Crippen LogP contribution in [0.3, 0.4) is 0 Å². The lowest BCUT2D eigenvalue weighted by Gasteiger charge is -2.07. The molecule has 3 aromatic rings. The number of anilines is 1. The molecule has 0 bridgehead atoms. The van der Waals surface area contributed by atoms with E-state index in [1.165, 1.54) is 41.0 Å². The first-order chi connectivity index (χ1) is 13.9. The second kappa shape index (κ2) is 8.99. The molecule has 0 spiro atoms. The van der Waals surface area contributed by atoms with E-state index in [0.29, 0.717) is 0 Å². The number of para-hydroxylation sites is 1. The molecule has 1 N–H and O–H groups in total. The molecule has 0 heterocycles. The number of amides is 1. The van der Waals surface area contributed by atoms with Crippen LogP contribution in [-0.2, 0) is 11.2 Å². The fourth-order valence-corrected chi connectivity index (χ4v) is 3.21. The van der Waals surface area contributed by atoms with Gasteiger partial charge in [-0.2, -0.15) is 5.26 Å². The van der Waals surface area contributed by atoms with Crippen LogP contribution in [0.1, 0.15) is 27.8 Å². The van der Waals surface area contributed by atoms with Crippen molar-refractivity contribution in [2.24, 2.45) is 0 Å². The molecule has 0 radical (unpaired) electrons.